The second-order valence-electron chi connectivity index (χ2n) is 3.50. The average Bonchev–Trinajstić information content (AvgIpc) is 2.47. The molecule has 0 bridgehead atoms. The van der Waals surface area contributed by atoms with Crippen LogP contribution in [0.2, 0.25) is 0 Å². The van der Waals surface area contributed by atoms with Crippen molar-refractivity contribution in [3.8, 4) is 12.3 Å². The molecule has 0 radical (unpaired) electrons. The Balaban J connectivity index is 2.50. The van der Waals surface area contributed by atoms with Crippen molar-refractivity contribution in [2.45, 2.75) is 25.7 Å². The number of fused-ring (bicyclic) bond motifs is 1. The lowest BCUT2D eigenvalue weighted by Gasteiger charge is -2.03. The summed E-state index contributed by atoms with van der Waals surface area (Å²) in [6.45, 7) is 2.28. The van der Waals surface area contributed by atoms with Gasteiger partial charge >= 0.3 is 0 Å². The quantitative estimate of drug-likeness (QED) is 0.507. The van der Waals surface area contributed by atoms with E-state index in [0.29, 0.717) is 0 Å². The van der Waals surface area contributed by atoms with Gasteiger partial charge in [-0.15, -0.1) is 6.42 Å². The largest absolute Gasteiger partial charge is 0.115 e. The van der Waals surface area contributed by atoms with Crippen LogP contribution < -0.4 is 0 Å². The van der Waals surface area contributed by atoms with E-state index in [0.717, 1.165) is 11.5 Å². The number of aryl methyl sites for hydroxylation is 1. The highest BCUT2D eigenvalue weighted by Crippen LogP contribution is 2.32. The lowest BCUT2D eigenvalue weighted by Crippen LogP contribution is -1.86. The second kappa shape index (κ2) is 2.68. The summed E-state index contributed by atoms with van der Waals surface area (Å²) >= 11 is 0. The van der Waals surface area contributed by atoms with Crippen LogP contribution in [0.3, 0.4) is 0 Å². The fourth-order valence-electron chi connectivity index (χ4n) is 1.92. The summed E-state index contributed by atoms with van der Waals surface area (Å²) in [6, 6.07) is 6.38. The van der Waals surface area contributed by atoms with Crippen molar-refractivity contribution >= 4 is 0 Å². The fraction of sp³-hybridized carbons (Fsp3) is 0.333. The van der Waals surface area contributed by atoms with Gasteiger partial charge in [0.2, 0.25) is 0 Å². The highest BCUT2D eigenvalue weighted by atomic mass is 14.2. The normalized spacial score (nSPS) is 20.2. The van der Waals surface area contributed by atoms with Crippen LogP contribution in [0.4, 0.5) is 0 Å². The van der Waals surface area contributed by atoms with Crippen LogP contribution in [0.15, 0.2) is 18.2 Å². The van der Waals surface area contributed by atoms with Gasteiger partial charge in [0.25, 0.3) is 0 Å². The van der Waals surface area contributed by atoms with Crippen LogP contribution in [0.25, 0.3) is 0 Å². The molecule has 0 fully saturated rings. The van der Waals surface area contributed by atoms with Gasteiger partial charge in [0.05, 0.1) is 0 Å². The number of benzene rings is 1. The maximum atomic E-state index is 5.33. The number of rotatable bonds is 0. The summed E-state index contributed by atoms with van der Waals surface area (Å²) in [6.07, 6.45) is 7.81. The third-order valence-electron chi connectivity index (χ3n) is 2.69. The molecule has 1 aromatic rings. The molecule has 0 aliphatic heterocycles. The Kier molecular flexibility index (Phi) is 1.66. The molecule has 0 heteroatoms. The zero-order valence-corrected chi connectivity index (χ0v) is 7.30. The molecule has 0 amide bonds. The van der Waals surface area contributed by atoms with E-state index in [2.05, 4.69) is 25.0 Å². The van der Waals surface area contributed by atoms with Crippen LogP contribution in [0.1, 0.15) is 36.0 Å². The van der Waals surface area contributed by atoms with Gasteiger partial charge in [0.1, 0.15) is 0 Å². The lowest BCUT2D eigenvalue weighted by atomic mass is 10.0. The zero-order chi connectivity index (χ0) is 8.55. The number of hydrogen-bond acceptors (Lipinski definition) is 0. The van der Waals surface area contributed by atoms with Crippen molar-refractivity contribution in [1.29, 1.82) is 0 Å². The van der Waals surface area contributed by atoms with Crippen molar-refractivity contribution in [1.82, 2.24) is 0 Å². The van der Waals surface area contributed by atoms with Gasteiger partial charge in [-0.3, -0.25) is 0 Å². The smallest absolute Gasteiger partial charge is 0.0245 e. The fourth-order valence-corrected chi connectivity index (χ4v) is 1.92. The molecule has 2 rings (SSSR count). The molecule has 0 N–H and O–H groups in total. The van der Waals surface area contributed by atoms with Crippen molar-refractivity contribution in [3.63, 3.8) is 0 Å². The van der Waals surface area contributed by atoms with Gasteiger partial charge in [-0.05, 0) is 42.0 Å². The van der Waals surface area contributed by atoms with Gasteiger partial charge in [-0.2, -0.15) is 0 Å². The Morgan fingerprint density at radius 2 is 2.33 bits per heavy atom. The first kappa shape index (κ1) is 7.43. The number of terminal acetylenes is 1. The summed E-state index contributed by atoms with van der Waals surface area (Å²) < 4.78 is 0. The summed E-state index contributed by atoms with van der Waals surface area (Å²) in [5, 5.41) is 0. The molecular formula is C12H12. The minimum atomic E-state index is 0.729. The van der Waals surface area contributed by atoms with Gasteiger partial charge in [-0.1, -0.05) is 18.9 Å². The van der Waals surface area contributed by atoms with Crippen LogP contribution in [-0.4, -0.2) is 0 Å². The van der Waals surface area contributed by atoms with Crippen molar-refractivity contribution in [3.05, 3.63) is 34.9 Å². The van der Waals surface area contributed by atoms with Gasteiger partial charge in [0, 0.05) is 5.56 Å². The Labute approximate surface area is 73.6 Å². The van der Waals surface area contributed by atoms with Gasteiger partial charge < -0.3 is 0 Å². The molecule has 1 atom stereocenters. The van der Waals surface area contributed by atoms with E-state index in [1.54, 1.807) is 0 Å². The predicted molar refractivity (Wildman–Crippen MR) is 51.1 cm³/mol. The van der Waals surface area contributed by atoms with Crippen LogP contribution in [0.5, 0.6) is 0 Å². The lowest BCUT2D eigenvalue weighted by molar-refractivity contribution is 0.747. The molecule has 12 heavy (non-hydrogen) atoms. The van der Waals surface area contributed by atoms with E-state index in [-0.39, 0.29) is 0 Å². The van der Waals surface area contributed by atoms with E-state index in [1.807, 2.05) is 6.07 Å². The molecule has 60 valence electrons. The van der Waals surface area contributed by atoms with Crippen LogP contribution >= 0.6 is 0 Å². The van der Waals surface area contributed by atoms with Crippen molar-refractivity contribution in [2.75, 3.05) is 0 Å². The van der Waals surface area contributed by atoms with Gasteiger partial charge in [0.15, 0.2) is 0 Å². The standard InChI is InChI=1S/C12H12/c1-3-10-5-7-12-9(2)4-6-11(12)8-10/h1,5,7-9H,4,6H2,2H3. The van der Waals surface area contributed by atoms with Crippen molar-refractivity contribution < 1.29 is 0 Å². The molecule has 0 aromatic heterocycles. The average molecular weight is 156 g/mol. The van der Waals surface area contributed by atoms with Crippen LogP contribution in [0, 0.1) is 12.3 Å². The molecule has 0 saturated heterocycles. The van der Waals surface area contributed by atoms with Crippen LogP contribution in [-0.2, 0) is 6.42 Å². The topological polar surface area (TPSA) is 0 Å². The molecule has 0 spiro atoms. The Morgan fingerprint density at radius 3 is 3.08 bits per heavy atom. The molecule has 0 heterocycles. The summed E-state index contributed by atoms with van der Waals surface area (Å²) in [5.74, 6) is 3.40. The second-order valence-corrected chi connectivity index (χ2v) is 3.50. The third kappa shape index (κ3) is 1.02. The zero-order valence-electron chi connectivity index (χ0n) is 7.30. The molecule has 0 nitrogen and oxygen atoms in total. The SMILES string of the molecule is C#Cc1ccc2c(c1)CCC2C. The highest BCUT2D eigenvalue weighted by Gasteiger charge is 2.17. The summed E-state index contributed by atoms with van der Waals surface area (Å²) in [7, 11) is 0. The Hall–Kier alpha value is -1.22. The van der Waals surface area contributed by atoms with E-state index >= 15 is 0 Å². The molecular weight excluding hydrogens is 144 g/mol. The first-order valence-corrected chi connectivity index (χ1v) is 4.40. The first-order chi connectivity index (χ1) is 5.81. The number of hydrogen-bond donors (Lipinski definition) is 0. The minimum absolute atomic E-state index is 0.729. The van der Waals surface area contributed by atoms with E-state index in [4.69, 9.17) is 6.42 Å². The third-order valence-corrected chi connectivity index (χ3v) is 2.69. The molecule has 1 unspecified atom stereocenters. The maximum absolute atomic E-state index is 5.33. The summed E-state index contributed by atoms with van der Waals surface area (Å²) in [5.41, 5.74) is 3.97. The van der Waals surface area contributed by atoms with E-state index in [1.165, 1.54) is 24.0 Å². The molecule has 1 aromatic carbocycles. The van der Waals surface area contributed by atoms with Crippen molar-refractivity contribution in [2.24, 2.45) is 0 Å². The minimum Gasteiger partial charge on any atom is -0.115 e. The predicted octanol–water partition coefficient (Wildman–Crippen LogP) is 2.72. The Morgan fingerprint density at radius 1 is 1.50 bits per heavy atom. The Bertz CT molecular complexity index is 342. The highest BCUT2D eigenvalue weighted by molar-refractivity contribution is 5.43. The maximum Gasteiger partial charge on any atom is 0.0245 e. The first-order valence-electron chi connectivity index (χ1n) is 4.40. The van der Waals surface area contributed by atoms with E-state index in [9.17, 15) is 0 Å². The van der Waals surface area contributed by atoms with E-state index < -0.39 is 0 Å². The summed E-state index contributed by atoms with van der Waals surface area (Å²) in [4.78, 5) is 0. The molecule has 1 aliphatic carbocycles. The van der Waals surface area contributed by atoms with Gasteiger partial charge in [-0.25, -0.2) is 0 Å². The molecule has 1 aliphatic rings. The molecule has 0 saturated carbocycles. The monoisotopic (exact) mass is 156 g/mol.